The van der Waals surface area contributed by atoms with Gasteiger partial charge >= 0.3 is 0 Å². The second-order valence-electron chi connectivity index (χ2n) is 4.60. The van der Waals surface area contributed by atoms with Crippen molar-refractivity contribution in [2.75, 3.05) is 4.72 Å². The number of anilines is 1. The van der Waals surface area contributed by atoms with Crippen molar-refractivity contribution >= 4 is 15.8 Å². The minimum Gasteiger partial charge on any atom is -0.354 e. The Balaban J connectivity index is 1.92. The molecule has 23 heavy (non-hydrogen) atoms. The number of nitrogens with one attached hydrogen (secondary N) is 1. The van der Waals surface area contributed by atoms with Gasteiger partial charge in [0.05, 0.1) is 0 Å². The first kappa shape index (κ1) is 15.2. The number of hydrogen-bond acceptors (Lipinski definition) is 4. The first-order chi connectivity index (χ1) is 11.0. The van der Waals surface area contributed by atoms with Gasteiger partial charge in [0.2, 0.25) is 0 Å². The minimum absolute atomic E-state index is 0.175. The predicted molar refractivity (Wildman–Crippen MR) is 79.1 cm³/mol. The van der Waals surface area contributed by atoms with Crippen LogP contribution in [0.15, 0.2) is 64.0 Å². The molecule has 0 aliphatic carbocycles. The Morgan fingerprint density at radius 2 is 1.61 bits per heavy atom. The molecule has 0 unspecified atom stereocenters. The van der Waals surface area contributed by atoms with Crippen LogP contribution < -0.4 is 4.72 Å². The topological polar surface area (TPSA) is 72.2 Å². The summed E-state index contributed by atoms with van der Waals surface area (Å²) >= 11 is 0. The van der Waals surface area contributed by atoms with Crippen LogP contribution in [0.3, 0.4) is 0 Å². The van der Waals surface area contributed by atoms with Crippen LogP contribution in [0.25, 0.3) is 11.3 Å². The standard InChI is InChI=1S/C15H10F2N2O3S/c16-11-7-4-8-12(17)15(11)23(20,21)19-14-9-13(22-18-14)10-5-2-1-3-6-10/h1-9H,(H,18,19). The van der Waals surface area contributed by atoms with Gasteiger partial charge in [-0.1, -0.05) is 41.6 Å². The summed E-state index contributed by atoms with van der Waals surface area (Å²) in [5, 5.41) is 3.55. The molecule has 0 atom stereocenters. The monoisotopic (exact) mass is 336 g/mol. The number of halogens is 2. The first-order valence-electron chi connectivity index (χ1n) is 6.46. The fourth-order valence-electron chi connectivity index (χ4n) is 1.99. The molecule has 0 fully saturated rings. The molecule has 1 aromatic heterocycles. The van der Waals surface area contributed by atoms with Gasteiger partial charge in [-0.25, -0.2) is 17.2 Å². The lowest BCUT2D eigenvalue weighted by Crippen LogP contribution is -2.16. The maximum atomic E-state index is 13.6. The SMILES string of the molecule is O=S(=O)(Nc1cc(-c2ccccc2)on1)c1c(F)cccc1F. The quantitative estimate of drug-likeness (QED) is 0.792. The zero-order valence-electron chi connectivity index (χ0n) is 11.5. The Morgan fingerprint density at radius 3 is 2.26 bits per heavy atom. The van der Waals surface area contributed by atoms with E-state index in [0.29, 0.717) is 11.3 Å². The zero-order valence-corrected chi connectivity index (χ0v) is 12.3. The molecule has 1 N–H and O–H groups in total. The molecule has 0 aliphatic rings. The van der Waals surface area contributed by atoms with Crippen molar-refractivity contribution in [2.24, 2.45) is 0 Å². The van der Waals surface area contributed by atoms with E-state index in [0.717, 1.165) is 18.2 Å². The number of hydrogen-bond donors (Lipinski definition) is 1. The van der Waals surface area contributed by atoms with Crippen LogP contribution in [-0.4, -0.2) is 13.6 Å². The van der Waals surface area contributed by atoms with E-state index >= 15 is 0 Å². The molecule has 3 aromatic rings. The van der Waals surface area contributed by atoms with Gasteiger partial charge in [-0.15, -0.1) is 0 Å². The summed E-state index contributed by atoms with van der Waals surface area (Å²) in [5.41, 5.74) is 0.683. The van der Waals surface area contributed by atoms with Gasteiger partial charge in [0.25, 0.3) is 10.0 Å². The second-order valence-corrected chi connectivity index (χ2v) is 6.22. The lowest BCUT2D eigenvalue weighted by Gasteiger charge is -2.06. The molecule has 2 aromatic carbocycles. The highest BCUT2D eigenvalue weighted by atomic mass is 32.2. The molecule has 0 radical (unpaired) electrons. The van der Waals surface area contributed by atoms with Crippen molar-refractivity contribution in [2.45, 2.75) is 4.90 Å². The Labute approximate surface area is 130 Å². The molecular weight excluding hydrogens is 326 g/mol. The number of aromatic nitrogens is 1. The fraction of sp³-hybridized carbons (Fsp3) is 0. The van der Waals surface area contributed by atoms with Gasteiger partial charge in [0.15, 0.2) is 16.5 Å². The molecule has 1 heterocycles. The third-order valence-corrected chi connectivity index (χ3v) is 4.40. The highest BCUT2D eigenvalue weighted by Gasteiger charge is 2.25. The number of rotatable bonds is 4. The summed E-state index contributed by atoms with van der Waals surface area (Å²) < 4.78 is 58.5. The van der Waals surface area contributed by atoms with E-state index in [1.807, 2.05) is 10.8 Å². The molecule has 5 nitrogen and oxygen atoms in total. The molecule has 0 amide bonds. The van der Waals surface area contributed by atoms with E-state index in [1.54, 1.807) is 24.3 Å². The van der Waals surface area contributed by atoms with Gasteiger partial charge < -0.3 is 4.52 Å². The average Bonchev–Trinajstić information content (AvgIpc) is 2.95. The normalized spacial score (nSPS) is 11.4. The van der Waals surface area contributed by atoms with Crippen LogP contribution in [0.1, 0.15) is 0 Å². The fourth-order valence-corrected chi connectivity index (χ4v) is 3.11. The van der Waals surface area contributed by atoms with Crippen LogP contribution in [-0.2, 0) is 10.0 Å². The lowest BCUT2D eigenvalue weighted by molar-refractivity contribution is 0.435. The molecule has 0 bridgehead atoms. The van der Waals surface area contributed by atoms with Gasteiger partial charge in [-0.05, 0) is 12.1 Å². The van der Waals surface area contributed by atoms with Crippen LogP contribution in [0.2, 0.25) is 0 Å². The van der Waals surface area contributed by atoms with E-state index in [9.17, 15) is 17.2 Å². The van der Waals surface area contributed by atoms with Crippen molar-refractivity contribution in [3.05, 3.63) is 66.2 Å². The summed E-state index contributed by atoms with van der Waals surface area (Å²) in [6.07, 6.45) is 0. The van der Waals surface area contributed by atoms with Gasteiger partial charge in [-0.2, -0.15) is 0 Å². The van der Waals surface area contributed by atoms with Gasteiger partial charge in [-0.3, -0.25) is 4.72 Å². The molecule has 118 valence electrons. The molecule has 0 saturated heterocycles. The summed E-state index contributed by atoms with van der Waals surface area (Å²) in [5.74, 6) is -2.24. The maximum Gasteiger partial charge on any atom is 0.269 e. The number of nitrogens with zero attached hydrogens (tertiary/aromatic N) is 1. The summed E-state index contributed by atoms with van der Waals surface area (Å²) in [4.78, 5) is -1.07. The van der Waals surface area contributed by atoms with Crippen LogP contribution in [0.5, 0.6) is 0 Å². The Morgan fingerprint density at radius 1 is 0.957 bits per heavy atom. The highest BCUT2D eigenvalue weighted by Crippen LogP contribution is 2.25. The van der Waals surface area contributed by atoms with E-state index in [4.69, 9.17) is 4.52 Å². The van der Waals surface area contributed by atoms with Crippen LogP contribution in [0.4, 0.5) is 14.6 Å². The minimum atomic E-state index is -4.47. The van der Waals surface area contributed by atoms with Crippen LogP contribution in [0, 0.1) is 11.6 Å². The molecule has 0 spiro atoms. The Hall–Kier alpha value is -2.74. The van der Waals surface area contributed by atoms with E-state index < -0.39 is 26.6 Å². The van der Waals surface area contributed by atoms with Crippen molar-refractivity contribution in [3.63, 3.8) is 0 Å². The first-order valence-corrected chi connectivity index (χ1v) is 7.95. The van der Waals surface area contributed by atoms with E-state index in [1.165, 1.54) is 6.07 Å². The van der Waals surface area contributed by atoms with Crippen molar-refractivity contribution < 1.29 is 21.7 Å². The Bertz CT molecular complexity index is 920. The van der Waals surface area contributed by atoms with E-state index in [2.05, 4.69) is 5.16 Å². The summed E-state index contributed by atoms with van der Waals surface area (Å²) in [7, 11) is -4.47. The molecule has 8 heteroatoms. The predicted octanol–water partition coefficient (Wildman–Crippen LogP) is 3.42. The maximum absolute atomic E-state index is 13.6. The molecule has 3 rings (SSSR count). The molecular formula is C15H10F2N2O3S. The lowest BCUT2D eigenvalue weighted by atomic mass is 10.2. The van der Waals surface area contributed by atoms with Crippen molar-refractivity contribution in [1.29, 1.82) is 0 Å². The summed E-state index contributed by atoms with van der Waals surface area (Å²) in [6.45, 7) is 0. The third-order valence-electron chi connectivity index (χ3n) is 3.00. The zero-order chi connectivity index (χ0) is 16.4. The van der Waals surface area contributed by atoms with Gasteiger partial charge in [0.1, 0.15) is 11.6 Å². The number of sulfonamides is 1. The van der Waals surface area contributed by atoms with Crippen LogP contribution >= 0.6 is 0 Å². The average molecular weight is 336 g/mol. The van der Waals surface area contributed by atoms with E-state index in [-0.39, 0.29) is 5.82 Å². The number of benzene rings is 2. The Kier molecular flexibility index (Phi) is 3.83. The largest absolute Gasteiger partial charge is 0.354 e. The molecule has 0 aliphatic heterocycles. The van der Waals surface area contributed by atoms with Crippen molar-refractivity contribution in [1.82, 2.24) is 5.16 Å². The van der Waals surface area contributed by atoms with Gasteiger partial charge in [0, 0.05) is 11.6 Å². The summed E-state index contributed by atoms with van der Waals surface area (Å²) in [6, 6.07) is 13.0. The smallest absolute Gasteiger partial charge is 0.269 e. The molecule has 0 saturated carbocycles. The second kappa shape index (κ2) is 5.81. The third kappa shape index (κ3) is 3.07. The van der Waals surface area contributed by atoms with Crippen molar-refractivity contribution in [3.8, 4) is 11.3 Å². The highest BCUT2D eigenvalue weighted by molar-refractivity contribution is 7.92.